The second-order valence-corrected chi connectivity index (χ2v) is 7.78. The standard InChI is InChI=1S/C20H17BFN7O/c1-11-3-16(27-29-7-12(2)24-18(11)29)13-4-15(22)19-25-17(9-28(19)8-13)26-20(30)14-5-21(6-14)10-23/h3-4,7-9,14H,5-6H2,1-2H3,(H,26,30). The molecule has 10 heteroatoms. The van der Waals surface area contributed by atoms with Crippen LogP contribution in [-0.2, 0) is 4.79 Å². The predicted molar refractivity (Wildman–Crippen MR) is 110 cm³/mol. The SMILES string of the molecule is Cc1cn2nc(-c3cc(F)c4nc(NC(=O)C5CB(C#N)C5)cn4c3)cc(C)c2n1. The summed E-state index contributed by atoms with van der Waals surface area (Å²) in [6.45, 7) is 3.77. The first kappa shape index (κ1) is 18.3. The van der Waals surface area contributed by atoms with Crippen LogP contribution < -0.4 is 5.32 Å². The zero-order chi connectivity index (χ0) is 21.0. The molecule has 0 saturated carbocycles. The number of anilines is 1. The molecule has 5 rings (SSSR count). The highest BCUT2D eigenvalue weighted by molar-refractivity contribution is 6.70. The molecule has 148 valence electrons. The molecule has 1 fully saturated rings. The van der Waals surface area contributed by atoms with Crippen LogP contribution in [-0.4, -0.2) is 36.6 Å². The number of aryl methyl sites for hydroxylation is 2. The van der Waals surface area contributed by atoms with E-state index in [0.29, 0.717) is 23.9 Å². The number of aromatic nitrogens is 5. The Morgan fingerprint density at radius 1 is 1.23 bits per heavy atom. The molecule has 4 aromatic heterocycles. The fourth-order valence-corrected chi connectivity index (χ4v) is 3.81. The van der Waals surface area contributed by atoms with E-state index in [1.807, 2.05) is 26.1 Å². The van der Waals surface area contributed by atoms with Gasteiger partial charge < -0.3 is 9.72 Å². The third kappa shape index (κ3) is 2.99. The third-order valence-electron chi connectivity index (χ3n) is 5.47. The summed E-state index contributed by atoms with van der Waals surface area (Å²) in [6.07, 6.45) is 6.23. The maximum absolute atomic E-state index is 14.8. The molecule has 0 spiro atoms. The van der Waals surface area contributed by atoms with Gasteiger partial charge in [0.05, 0.1) is 23.8 Å². The maximum Gasteiger partial charge on any atom is 0.269 e. The van der Waals surface area contributed by atoms with Crippen LogP contribution in [0.2, 0.25) is 12.6 Å². The van der Waals surface area contributed by atoms with Crippen molar-refractivity contribution < 1.29 is 9.18 Å². The van der Waals surface area contributed by atoms with E-state index in [-0.39, 0.29) is 30.0 Å². The summed E-state index contributed by atoms with van der Waals surface area (Å²) < 4.78 is 18.0. The number of nitriles is 1. The summed E-state index contributed by atoms with van der Waals surface area (Å²) in [7, 11) is 0. The Bertz CT molecular complexity index is 1360. The molecule has 30 heavy (non-hydrogen) atoms. The minimum Gasteiger partial charge on any atom is -0.309 e. The Morgan fingerprint density at radius 2 is 2.03 bits per heavy atom. The number of rotatable bonds is 3. The summed E-state index contributed by atoms with van der Waals surface area (Å²) in [5.41, 5.74) is 3.86. The van der Waals surface area contributed by atoms with Gasteiger partial charge in [0.1, 0.15) is 0 Å². The average molecular weight is 401 g/mol. The van der Waals surface area contributed by atoms with Gasteiger partial charge in [-0.3, -0.25) is 4.79 Å². The first-order chi connectivity index (χ1) is 14.4. The van der Waals surface area contributed by atoms with Crippen molar-refractivity contribution in [2.45, 2.75) is 26.5 Å². The van der Waals surface area contributed by atoms with Crippen molar-refractivity contribution in [2.75, 3.05) is 5.32 Å². The highest BCUT2D eigenvalue weighted by Crippen LogP contribution is 2.30. The molecule has 0 atom stereocenters. The first-order valence-corrected chi connectivity index (χ1v) is 9.64. The maximum atomic E-state index is 14.8. The molecule has 5 heterocycles. The highest BCUT2D eigenvalue weighted by atomic mass is 19.1. The molecule has 0 radical (unpaired) electrons. The molecule has 1 amide bonds. The number of fused-ring (bicyclic) bond motifs is 2. The molecule has 8 nitrogen and oxygen atoms in total. The Balaban J connectivity index is 1.47. The minimum absolute atomic E-state index is 0.0607. The molecule has 1 aliphatic heterocycles. The van der Waals surface area contributed by atoms with Crippen LogP contribution in [0.3, 0.4) is 0 Å². The number of nitrogens with zero attached hydrogens (tertiary/aromatic N) is 6. The van der Waals surface area contributed by atoms with Gasteiger partial charge in [0.25, 0.3) is 6.71 Å². The molecule has 0 bridgehead atoms. The van der Waals surface area contributed by atoms with Crippen molar-refractivity contribution in [3.8, 4) is 17.2 Å². The molecule has 4 aromatic rings. The van der Waals surface area contributed by atoms with E-state index in [0.717, 1.165) is 16.9 Å². The predicted octanol–water partition coefficient (Wildman–Crippen LogP) is 2.93. The van der Waals surface area contributed by atoms with Crippen molar-refractivity contribution >= 4 is 29.7 Å². The van der Waals surface area contributed by atoms with Gasteiger partial charge in [0, 0.05) is 23.6 Å². The minimum atomic E-state index is -0.512. The van der Waals surface area contributed by atoms with E-state index < -0.39 is 5.82 Å². The van der Waals surface area contributed by atoms with Crippen LogP contribution in [0.15, 0.2) is 30.7 Å². The van der Waals surface area contributed by atoms with Crippen LogP contribution in [0.4, 0.5) is 10.2 Å². The Labute approximate surface area is 171 Å². The van der Waals surface area contributed by atoms with Crippen molar-refractivity contribution in [3.05, 3.63) is 47.8 Å². The Hall–Kier alpha value is -3.74. The van der Waals surface area contributed by atoms with Gasteiger partial charge >= 0.3 is 0 Å². The van der Waals surface area contributed by atoms with Crippen molar-refractivity contribution in [2.24, 2.45) is 5.92 Å². The molecule has 0 unspecified atom stereocenters. The largest absolute Gasteiger partial charge is 0.309 e. The number of pyridine rings is 1. The quantitative estimate of drug-likeness (QED) is 0.532. The summed E-state index contributed by atoms with van der Waals surface area (Å²) >= 11 is 0. The lowest BCUT2D eigenvalue weighted by molar-refractivity contribution is -0.119. The second kappa shape index (κ2) is 6.66. The lowest BCUT2D eigenvalue weighted by atomic mass is 9.32. The third-order valence-corrected chi connectivity index (χ3v) is 5.47. The average Bonchev–Trinajstić information content (AvgIpc) is 3.23. The molecule has 0 aliphatic carbocycles. The number of hydrogen-bond acceptors (Lipinski definition) is 5. The van der Waals surface area contributed by atoms with Crippen LogP contribution in [0, 0.1) is 36.8 Å². The number of halogens is 1. The normalized spacial score (nSPS) is 14.1. The monoisotopic (exact) mass is 401 g/mol. The van der Waals surface area contributed by atoms with Gasteiger partial charge in [-0.1, -0.05) is 0 Å². The van der Waals surface area contributed by atoms with E-state index in [1.165, 1.54) is 6.07 Å². The first-order valence-electron chi connectivity index (χ1n) is 9.64. The molecular weight excluding hydrogens is 384 g/mol. The van der Waals surface area contributed by atoms with Crippen LogP contribution in [0.5, 0.6) is 0 Å². The topological polar surface area (TPSA) is 100 Å². The van der Waals surface area contributed by atoms with Crippen molar-refractivity contribution in [3.63, 3.8) is 0 Å². The van der Waals surface area contributed by atoms with Gasteiger partial charge in [0.15, 0.2) is 22.9 Å². The summed E-state index contributed by atoms with van der Waals surface area (Å²) in [5, 5.41) is 16.1. The van der Waals surface area contributed by atoms with E-state index in [2.05, 4.69) is 26.4 Å². The van der Waals surface area contributed by atoms with E-state index in [1.54, 1.807) is 21.3 Å². The molecule has 1 saturated heterocycles. The van der Waals surface area contributed by atoms with Crippen LogP contribution >= 0.6 is 0 Å². The van der Waals surface area contributed by atoms with Gasteiger partial charge in [-0.2, -0.15) is 5.10 Å². The highest BCUT2D eigenvalue weighted by Gasteiger charge is 2.38. The number of nitrogens with one attached hydrogen (secondary N) is 1. The number of hydrogen-bond donors (Lipinski definition) is 1. The molecule has 0 aromatic carbocycles. The van der Waals surface area contributed by atoms with Gasteiger partial charge in [-0.15, -0.1) is 0 Å². The summed E-state index contributed by atoms with van der Waals surface area (Å²) in [6, 6.07) is 3.25. The molecule has 1 aliphatic rings. The van der Waals surface area contributed by atoms with E-state index >= 15 is 0 Å². The number of carbonyl (C=O) groups is 1. The summed E-state index contributed by atoms with van der Waals surface area (Å²) in [4.78, 5) is 20.9. The summed E-state index contributed by atoms with van der Waals surface area (Å²) in [5.74, 6) is 1.54. The Morgan fingerprint density at radius 3 is 2.80 bits per heavy atom. The number of imidazole rings is 2. The van der Waals surface area contributed by atoms with Gasteiger partial charge in [-0.25, -0.2) is 24.1 Å². The van der Waals surface area contributed by atoms with Crippen molar-refractivity contribution in [1.29, 1.82) is 5.26 Å². The fraction of sp³-hybridized carbons (Fsp3) is 0.250. The number of amides is 1. The van der Waals surface area contributed by atoms with Gasteiger partial charge in [-0.05, 0) is 44.2 Å². The zero-order valence-electron chi connectivity index (χ0n) is 16.4. The smallest absolute Gasteiger partial charge is 0.269 e. The van der Waals surface area contributed by atoms with Crippen LogP contribution in [0.1, 0.15) is 11.3 Å². The van der Waals surface area contributed by atoms with Crippen LogP contribution in [0.25, 0.3) is 22.6 Å². The van der Waals surface area contributed by atoms with Crippen molar-refractivity contribution in [1.82, 2.24) is 24.0 Å². The lowest BCUT2D eigenvalue weighted by Gasteiger charge is -2.26. The second-order valence-electron chi connectivity index (χ2n) is 7.78. The number of carbonyl (C=O) groups excluding carboxylic acids is 1. The lowest BCUT2D eigenvalue weighted by Crippen LogP contribution is -2.38. The molecular formula is C20H17BFN7O. The molecule has 1 N–H and O–H groups in total. The van der Waals surface area contributed by atoms with Gasteiger partial charge in [0.2, 0.25) is 5.91 Å². The zero-order valence-corrected chi connectivity index (χ0v) is 16.4. The Kier molecular flexibility index (Phi) is 4.06. The fourth-order valence-electron chi connectivity index (χ4n) is 3.81. The van der Waals surface area contributed by atoms with E-state index in [9.17, 15) is 9.18 Å². The van der Waals surface area contributed by atoms with E-state index in [4.69, 9.17) is 5.26 Å².